The van der Waals surface area contributed by atoms with Crippen molar-refractivity contribution in [3.63, 3.8) is 0 Å². The molecule has 2 rings (SSSR count). The fraction of sp³-hybridized carbons (Fsp3) is 0.167. The highest BCUT2D eigenvalue weighted by Crippen LogP contribution is 2.11. The summed E-state index contributed by atoms with van der Waals surface area (Å²) in [6, 6.07) is 15.4. The number of nitrogens with one attached hydrogen (secondary N) is 1. The maximum Gasteiger partial charge on any atom is 0.248 e. The van der Waals surface area contributed by atoms with Crippen molar-refractivity contribution in [1.82, 2.24) is 0 Å². The number of hydrogen-bond acceptors (Lipinski definition) is 2. The molecule has 0 heterocycles. The molecule has 0 saturated heterocycles. The summed E-state index contributed by atoms with van der Waals surface area (Å²) in [4.78, 5) is 11.8. The van der Waals surface area contributed by atoms with Crippen molar-refractivity contribution in [2.45, 2.75) is 13.3 Å². The molecule has 0 bridgehead atoms. The Labute approximate surface area is 124 Å². The van der Waals surface area contributed by atoms with E-state index in [0.29, 0.717) is 6.42 Å². The van der Waals surface area contributed by atoms with Crippen LogP contribution in [0.15, 0.2) is 54.6 Å². The average Bonchev–Trinajstić information content (AvgIpc) is 2.48. The fourth-order valence-corrected chi connectivity index (χ4v) is 2.01. The van der Waals surface area contributed by atoms with E-state index in [9.17, 15) is 4.79 Å². The molecule has 0 radical (unpaired) electrons. The summed E-state index contributed by atoms with van der Waals surface area (Å²) < 4.78 is 0. The molecule has 2 aromatic carbocycles. The molecule has 3 heteroatoms. The Morgan fingerprint density at radius 2 is 1.95 bits per heavy atom. The van der Waals surface area contributed by atoms with Crippen LogP contribution in [0.4, 0.5) is 5.69 Å². The quantitative estimate of drug-likeness (QED) is 0.827. The van der Waals surface area contributed by atoms with Gasteiger partial charge in [-0.3, -0.25) is 4.79 Å². The van der Waals surface area contributed by atoms with Gasteiger partial charge in [0.25, 0.3) is 0 Å². The van der Waals surface area contributed by atoms with Crippen molar-refractivity contribution in [1.29, 1.82) is 0 Å². The van der Waals surface area contributed by atoms with Crippen LogP contribution in [0.5, 0.6) is 0 Å². The maximum atomic E-state index is 11.8. The van der Waals surface area contributed by atoms with Crippen LogP contribution in [0.3, 0.4) is 0 Å². The van der Waals surface area contributed by atoms with Crippen LogP contribution >= 0.6 is 0 Å². The van der Waals surface area contributed by atoms with E-state index < -0.39 is 0 Å². The number of anilines is 1. The molecular weight excluding hydrogens is 262 g/mol. The third kappa shape index (κ3) is 4.89. The van der Waals surface area contributed by atoms with Gasteiger partial charge in [-0.15, -0.1) is 0 Å². The summed E-state index contributed by atoms with van der Waals surface area (Å²) in [5.41, 5.74) is 3.96. The van der Waals surface area contributed by atoms with Gasteiger partial charge in [0.2, 0.25) is 5.91 Å². The van der Waals surface area contributed by atoms with E-state index >= 15 is 0 Å². The van der Waals surface area contributed by atoms with Crippen molar-refractivity contribution < 1.29 is 9.90 Å². The molecule has 1 amide bonds. The fourth-order valence-electron chi connectivity index (χ4n) is 2.01. The highest BCUT2D eigenvalue weighted by atomic mass is 16.2. The van der Waals surface area contributed by atoms with Gasteiger partial charge in [-0.1, -0.05) is 42.0 Å². The smallest absolute Gasteiger partial charge is 0.248 e. The Bertz CT molecular complexity index is 630. The molecule has 0 aromatic heterocycles. The number of benzene rings is 2. The van der Waals surface area contributed by atoms with Crippen molar-refractivity contribution >= 4 is 17.7 Å². The Balaban J connectivity index is 1.95. The molecule has 0 atom stereocenters. The number of rotatable bonds is 5. The number of carbonyl (C=O) groups is 1. The summed E-state index contributed by atoms with van der Waals surface area (Å²) in [7, 11) is 0. The van der Waals surface area contributed by atoms with Gasteiger partial charge in [0.1, 0.15) is 0 Å². The van der Waals surface area contributed by atoms with Crippen molar-refractivity contribution in [2.24, 2.45) is 0 Å². The largest absolute Gasteiger partial charge is 0.396 e. The third-order valence-electron chi connectivity index (χ3n) is 3.09. The molecule has 0 saturated carbocycles. The van der Waals surface area contributed by atoms with Crippen LogP contribution < -0.4 is 5.32 Å². The first-order valence-corrected chi connectivity index (χ1v) is 6.93. The third-order valence-corrected chi connectivity index (χ3v) is 3.09. The first-order valence-electron chi connectivity index (χ1n) is 6.93. The Morgan fingerprint density at radius 3 is 2.62 bits per heavy atom. The molecule has 0 spiro atoms. The number of amides is 1. The minimum absolute atomic E-state index is 0.130. The second kappa shape index (κ2) is 7.41. The summed E-state index contributed by atoms with van der Waals surface area (Å²) in [5.74, 6) is -0.161. The minimum Gasteiger partial charge on any atom is -0.396 e. The SMILES string of the molecule is Cc1cccc(C=CC(=O)Nc2ccc(CCO)cc2)c1. The molecule has 21 heavy (non-hydrogen) atoms. The van der Waals surface area contributed by atoms with E-state index in [-0.39, 0.29) is 12.5 Å². The van der Waals surface area contributed by atoms with E-state index in [1.807, 2.05) is 55.5 Å². The summed E-state index contributed by atoms with van der Waals surface area (Å²) in [5, 5.41) is 11.7. The molecular formula is C18H19NO2. The van der Waals surface area contributed by atoms with Gasteiger partial charge in [-0.25, -0.2) is 0 Å². The van der Waals surface area contributed by atoms with Gasteiger partial charge in [0.15, 0.2) is 0 Å². The predicted molar refractivity (Wildman–Crippen MR) is 86.1 cm³/mol. The zero-order valence-corrected chi connectivity index (χ0v) is 12.0. The zero-order valence-electron chi connectivity index (χ0n) is 12.0. The van der Waals surface area contributed by atoms with Gasteiger partial charge in [-0.2, -0.15) is 0 Å². The van der Waals surface area contributed by atoms with Gasteiger partial charge in [0, 0.05) is 18.4 Å². The number of hydrogen-bond donors (Lipinski definition) is 2. The topological polar surface area (TPSA) is 49.3 Å². The van der Waals surface area contributed by atoms with Crippen molar-refractivity contribution in [3.8, 4) is 0 Å². The molecule has 2 aromatic rings. The van der Waals surface area contributed by atoms with Crippen LogP contribution in [0, 0.1) is 6.92 Å². The Hall–Kier alpha value is -2.39. The standard InChI is InChI=1S/C18H19NO2/c1-14-3-2-4-16(13-14)7-10-18(21)19-17-8-5-15(6-9-17)11-12-20/h2-10,13,20H,11-12H2,1H3,(H,19,21). The monoisotopic (exact) mass is 281 g/mol. The van der Waals surface area contributed by atoms with Crippen LogP contribution in [0.25, 0.3) is 6.08 Å². The predicted octanol–water partition coefficient (Wildman–Crippen LogP) is 3.18. The van der Waals surface area contributed by atoms with Gasteiger partial charge < -0.3 is 10.4 Å². The Morgan fingerprint density at radius 1 is 1.19 bits per heavy atom. The summed E-state index contributed by atoms with van der Waals surface area (Å²) in [6.07, 6.45) is 3.94. The number of carbonyl (C=O) groups excluding carboxylic acids is 1. The second-order valence-corrected chi connectivity index (χ2v) is 4.91. The first-order chi connectivity index (χ1) is 10.2. The molecule has 0 aliphatic rings. The van der Waals surface area contributed by atoms with E-state index in [2.05, 4.69) is 5.32 Å². The molecule has 0 unspecified atom stereocenters. The van der Waals surface area contributed by atoms with Crippen LogP contribution in [-0.4, -0.2) is 17.6 Å². The van der Waals surface area contributed by atoms with Crippen LogP contribution in [0.1, 0.15) is 16.7 Å². The lowest BCUT2D eigenvalue weighted by molar-refractivity contribution is -0.111. The van der Waals surface area contributed by atoms with Gasteiger partial charge in [-0.05, 0) is 42.7 Å². The zero-order chi connectivity index (χ0) is 15.1. The number of aryl methyl sites for hydroxylation is 1. The highest BCUT2D eigenvalue weighted by molar-refractivity contribution is 6.01. The van der Waals surface area contributed by atoms with Crippen LogP contribution in [-0.2, 0) is 11.2 Å². The van der Waals surface area contributed by atoms with Crippen molar-refractivity contribution in [3.05, 3.63) is 71.3 Å². The molecule has 2 N–H and O–H groups in total. The minimum atomic E-state index is -0.161. The van der Waals surface area contributed by atoms with E-state index in [1.165, 1.54) is 6.08 Å². The lowest BCUT2D eigenvalue weighted by atomic mass is 10.1. The highest BCUT2D eigenvalue weighted by Gasteiger charge is 1.98. The Kier molecular flexibility index (Phi) is 5.29. The molecule has 3 nitrogen and oxygen atoms in total. The van der Waals surface area contributed by atoms with E-state index in [0.717, 1.165) is 22.4 Å². The van der Waals surface area contributed by atoms with Gasteiger partial charge in [0.05, 0.1) is 0 Å². The van der Waals surface area contributed by atoms with Gasteiger partial charge >= 0.3 is 0 Å². The summed E-state index contributed by atoms with van der Waals surface area (Å²) in [6.45, 7) is 2.15. The molecule has 0 fully saturated rings. The van der Waals surface area contributed by atoms with E-state index in [4.69, 9.17) is 5.11 Å². The average molecular weight is 281 g/mol. The second-order valence-electron chi connectivity index (χ2n) is 4.91. The molecule has 108 valence electrons. The molecule has 0 aliphatic heterocycles. The maximum absolute atomic E-state index is 11.8. The first kappa shape index (κ1) is 15.0. The summed E-state index contributed by atoms with van der Waals surface area (Å²) >= 11 is 0. The van der Waals surface area contributed by atoms with Crippen LogP contribution in [0.2, 0.25) is 0 Å². The normalized spacial score (nSPS) is 10.8. The lowest BCUT2D eigenvalue weighted by Gasteiger charge is -2.04. The van der Waals surface area contributed by atoms with Crippen molar-refractivity contribution in [2.75, 3.05) is 11.9 Å². The lowest BCUT2D eigenvalue weighted by Crippen LogP contribution is -2.07. The van der Waals surface area contributed by atoms with E-state index in [1.54, 1.807) is 6.08 Å². The molecule has 0 aliphatic carbocycles. The number of aliphatic hydroxyl groups excluding tert-OH is 1. The number of aliphatic hydroxyl groups is 1.